The Kier molecular flexibility index (Phi) is 3.05. The number of carbonyl (C=O) groups is 2. The number of rotatable bonds is 3. The summed E-state index contributed by atoms with van der Waals surface area (Å²) in [6, 6.07) is -0.136. The van der Waals surface area contributed by atoms with E-state index in [1.54, 1.807) is 0 Å². The van der Waals surface area contributed by atoms with Crippen molar-refractivity contribution in [1.29, 1.82) is 0 Å². The third-order valence-electron chi connectivity index (χ3n) is 6.67. The van der Waals surface area contributed by atoms with E-state index in [9.17, 15) is 14.7 Å². The Morgan fingerprint density at radius 2 is 1.52 bits per heavy atom. The lowest BCUT2D eigenvalue weighted by Gasteiger charge is -2.55. The number of carboxylic acids is 1. The second-order valence-corrected chi connectivity index (χ2v) is 8.15. The van der Waals surface area contributed by atoms with E-state index in [1.165, 1.54) is 19.3 Å². The van der Waals surface area contributed by atoms with Crippen LogP contribution in [0.4, 0.5) is 0 Å². The van der Waals surface area contributed by atoms with Gasteiger partial charge in [0.25, 0.3) is 0 Å². The number of carboxylic acid groups (broad SMARTS) is 1. The van der Waals surface area contributed by atoms with Gasteiger partial charge in [0, 0.05) is 11.5 Å². The average molecular weight is 291 g/mol. The zero-order chi connectivity index (χ0) is 14.6. The zero-order valence-corrected chi connectivity index (χ0v) is 12.5. The van der Waals surface area contributed by atoms with Crippen LogP contribution in [-0.2, 0) is 9.59 Å². The van der Waals surface area contributed by atoms with E-state index in [0.29, 0.717) is 6.42 Å². The molecule has 2 N–H and O–H groups in total. The zero-order valence-electron chi connectivity index (χ0n) is 12.5. The maximum Gasteiger partial charge on any atom is 0.308 e. The molecule has 0 heterocycles. The SMILES string of the molecule is O=C(O)C1CCCC1NC(=O)C12CC3CC(CC(C3)C1)C2. The van der Waals surface area contributed by atoms with Gasteiger partial charge in [-0.3, -0.25) is 9.59 Å². The molecule has 0 saturated heterocycles. The maximum absolute atomic E-state index is 12.9. The first-order valence-corrected chi connectivity index (χ1v) is 8.59. The van der Waals surface area contributed by atoms with Crippen LogP contribution in [0, 0.1) is 29.1 Å². The molecular formula is C17H25NO3. The van der Waals surface area contributed by atoms with Crippen LogP contribution in [0.15, 0.2) is 0 Å². The molecule has 4 bridgehead atoms. The lowest BCUT2D eigenvalue weighted by molar-refractivity contribution is -0.148. The summed E-state index contributed by atoms with van der Waals surface area (Å²) in [6.45, 7) is 0. The van der Waals surface area contributed by atoms with Crippen LogP contribution >= 0.6 is 0 Å². The lowest BCUT2D eigenvalue weighted by Crippen LogP contribution is -2.56. The second kappa shape index (κ2) is 4.72. The summed E-state index contributed by atoms with van der Waals surface area (Å²) in [5.74, 6) is 1.31. The van der Waals surface area contributed by atoms with E-state index in [1.807, 2.05) is 0 Å². The fourth-order valence-corrected chi connectivity index (χ4v) is 6.14. The van der Waals surface area contributed by atoms with Gasteiger partial charge in [-0.05, 0) is 69.1 Å². The van der Waals surface area contributed by atoms with Crippen molar-refractivity contribution in [1.82, 2.24) is 5.32 Å². The van der Waals surface area contributed by atoms with E-state index in [0.717, 1.165) is 49.9 Å². The van der Waals surface area contributed by atoms with E-state index in [2.05, 4.69) is 5.32 Å². The van der Waals surface area contributed by atoms with E-state index < -0.39 is 5.97 Å². The van der Waals surface area contributed by atoms with Crippen molar-refractivity contribution >= 4 is 11.9 Å². The number of carbonyl (C=O) groups excluding carboxylic acids is 1. The molecule has 21 heavy (non-hydrogen) atoms. The predicted octanol–water partition coefficient (Wildman–Crippen LogP) is 2.57. The Morgan fingerprint density at radius 3 is 2.05 bits per heavy atom. The molecule has 116 valence electrons. The Bertz CT molecular complexity index is 437. The fraction of sp³-hybridized carbons (Fsp3) is 0.882. The topological polar surface area (TPSA) is 66.4 Å². The van der Waals surface area contributed by atoms with Crippen molar-refractivity contribution in [2.24, 2.45) is 29.1 Å². The first kappa shape index (κ1) is 13.6. The highest BCUT2D eigenvalue weighted by Crippen LogP contribution is 2.60. The van der Waals surface area contributed by atoms with Crippen LogP contribution in [0.1, 0.15) is 57.8 Å². The highest BCUT2D eigenvalue weighted by molar-refractivity contribution is 5.84. The predicted molar refractivity (Wildman–Crippen MR) is 77.5 cm³/mol. The normalized spacial score (nSPS) is 47.5. The Balaban J connectivity index is 1.49. The summed E-state index contributed by atoms with van der Waals surface area (Å²) in [6.07, 6.45) is 9.59. The molecule has 5 fully saturated rings. The molecule has 5 rings (SSSR count). The number of amides is 1. The van der Waals surface area contributed by atoms with Crippen LogP contribution in [0.25, 0.3) is 0 Å². The third kappa shape index (κ3) is 2.18. The first-order valence-electron chi connectivity index (χ1n) is 8.59. The highest BCUT2D eigenvalue weighted by atomic mass is 16.4. The van der Waals surface area contributed by atoms with Crippen molar-refractivity contribution in [2.75, 3.05) is 0 Å². The number of aliphatic carboxylic acids is 1. The van der Waals surface area contributed by atoms with E-state index >= 15 is 0 Å². The van der Waals surface area contributed by atoms with Crippen LogP contribution in [0.5, 0.6) is 0 Å². The van der Waals surface area contributed by atoms with Gasteiger partial charge in [0.15, 0.2) is 0 Å². The summed E-state index contributed by atoms with van der Waals surface area (Å²) in [5.41, 5.74) is -0.152. The van der Waals surface area contributed by atoms with Crippen LogP contribution in [-0.4, -0.2) is 23.0 Å². The summed E-state index contributed by atoms with van der Waals surface area (Å²) in [4.78, 5) is 24.2. The smallest absolute Gasteiger partial charge is 0.308 e. The molecule has 5 saturated carbocycles. The lowest BCUT2D eigenvalue weighted by atomic mass is 9.49. The molecule has 0 aliphatic heterocycles. The molecule has 0 spiro atoms. The quantitative estimate of drug-likeness (QED) is 0.840. The maximum atomic E-state index is 12.9. The molecule has 0 aromatic rings. The van der Waals surface area contributed by atoms with Gasteiger partial charge in [0.1, 0.15) is 0 Å². The molecular weight excluding hydrogens is 266 g/mol. The molecule has 1 amide bonds. The van der Waals surface area contributed by atoms with Crippen LogP contribution in [0.2, 0.25) is 0 Å². The largest absolute Gasteiger partial charge is 0.481 e. The molecule has 0 aromatic heterocycles. The molecule has 5 aliphatic rings. The van der Waals surface area contributed by atoms with Gasteiger partial charge in [0.2, 0.25) is 5.91 Å². The van der Waals surface area contributed by atoms with Crippen molar-refractivity contribution < 1.29 is 14.7 Å². The van der Waals surface area contributed by atoms with Gasteiger partial charge in [-0.25, -0.2) is 0 Å². The molecule has 2 unspecified atom stereocenters. The number of hydrogen-bond acceptors (Lipinski definition) is 2. The Morgan fingerprint density at radius 1 is 0.952 bits per heavy atom. The van der Waals surface area contributed by atoms with Gasteiger partial charge in [-0.15, -0.1) is 0 Å². The van der Waals surface area contributed by atoms with Crippen molar-refractivity contribution in [3.8, 4) is 0 Å². The molecule has 0 radical (unpaired) electrons. The van der Waals surface area contributed by atoms with Gasteiger partial charge in [-0.2, -0.15) is 0 Å². The molecule has 4 heteroatoms. The van der Waals surface area contributed by atoms with Gasteiger partial charge >= 0.3 is 5.97 Å². The molecule has 5 aliphatic carbocycles. The first-order chi connectivity index (χ1) is 10.1. The van der Waals surface area contributed by atoms with E-state index in [-0.39, 0.29) is 23.3 Å². The number of nitrogens with one attached hydrogen (secondary N) is 1. The standard InChI is InChI=1S/C17H25NO3/c19-15(20)13-2-1-3-14(13)18-16(21)17-7-10-4-11(8-17)6-12(5-10)9-17/h10-14H,1-9H2,(H,18,21)(H,19,20). The number of hydrogen-bond donors (Lipinski definition) is 2. The van der Waals surface area contributed by atoms with Gasteiger partial charge in [0.05, 0.1) is 5.92 Å². The summed E-state index contributed by atoms with van der Waals surface area (Å²) >= 11 is 0. The minimum Gasteiger partial charge on any atom is -0.481 e. The van der Waals surface area contributed by atoms with E-state index in [4.69, 9.17) is 0 Å². The molecule has 0 aromatic carbocycles. The third-order valence-corrected chi connectivity index (χ3v) is 6.67. The monoisotopic (exact) mass is 291 g/mol. The average Bonchev–Trinajstić information content (AvgIpc) is 2.85. The second-order valence-electron chi connectivity index (χ2n) is 8.15. The highest BCUT2D eigenvalue weighted by Gasteiger charge is 2.55. The van der Waals surface area contributed by atoms with Gasteiger partial charge in [-0.1, -0.05) is 6.42 Å². The van der Waals surface area contributed by atoms with Gasteiger partial charge < -0.3 is 10.4 Å². The van der Waals surface area contributed by atoms with Crippen LogP contribution in [0.3, 0.4) is 0 Å². The summed E-state index contributed by atoms with van der Waals surface area (Å²) in [5, 5.41) is 12.4. The van der Waals surface area contributed by atoms with Crippen molar-refractivity contribution in [3.63, 3.8) is 0 Å². The Hall–Kier alpha value is -1.06. The minimum absolute atomic E-state index is 0.136. The Labute approximate surface area is 125 Å². The summed E-state index contributed by atoms with van der Waals surface area (Å²) < 4.78 is 0. The fourth-order valence-electron chi connectivity index (χ4n) is 6.14. The summed E-state index contributed by atoms with van der Waals surface area (Å²) in [7, 11) is 0. The van der Waals surface area contributed by atoms with Crippen molar-refractivity contribution in [3.05, 3.63) is 0 Å². The van der Waals surface area contributed by atoms with Crippen molar-refractivity contribution in [2.45, 2.75) is 63.8 Å². The minimum atomic E-state index is -0.747. The molecule has 2 atom stereocenters. The van der Waals surface area contributed by atoms with Crippen LogP contribution < -0.4 is 5.32 Å². The molecule has 4 nitrogen and oxygen atoms in total.